The number of rotatable bonds is 1. The Morgan fingerprint density at radius 1 is 1.29 bits per heavy atom. The molecule has 0 unspecified atom stereocenters. The Hall–Kier alpha value is -0.510. The summed E-state index contributed by atoms with van der Waals surface area (Å²) in [4.78, 5) is 0. The summed E-state index contributed by atoms with van der Waals surface area (Å²) in [7, 11) is 0. The number of hydrogen-bond donors (Lipinski definition) is 0. The minimum Gasteiger partial charge on any atom is -0.166 e. The van der Waals surface area contributed by atoms with Gasteiger partial charge in [-0.2, -0.15) is 13.2 Å². The maximum Gasteiger partial charge on any atom is 0.416 e. The number of hydrogen-bond acceptors (Lipinski definition) is 0. The van der Waals surface area contributed by atoms with Crippen LogP contribution in [0.5, 0.6) is 0 Å². The third-order valence-electron chi connectivity index (χ3n) is 2.10. The van der Waals surface area contributed by atoms with Crippen LogP contribution in [0.2, 0.25) is 0 Å². The average molecular weight is 267 g/mol. The van der Waals surface area contributed by atoms with Crippen molar-refractivity contribution in [1.29, 1.82) is 0 Å². The van der Waals surface area contributed by atoms with E-state index in [-0.39, 0.29) is 0 Å². The Labute approximate surface area is 89.3 Å². The minimum absolute atomic E-state index is 0.535. The van der Waals surface area contributed by atoms with Crippen molar-refractivity contribution in [2.45, 2.75) is 26.4 Å². The molecule has 0 spiro atoms. The molecular weight excluding hydrogens is 257 g/mol. The zero-order valence-electron chi connectivity index (χ0n) is 7.87. The second-order valence-corrected chi connectivity index (χ2v) is 3.96. The quantitative estimate of drug-likeness (QED) is 0.710. The lowest BCUT2D eigenvalue weighted by Crippen LogP contribution is -2.06. The van der Waals surface area contributed by atoms with E-state index in [2.05, 4.69) is 15.9 Å². The van der Waals surface area contributed by atoms with E-state index < -0.39 is 11.7 Å². The molecule has 0 heterocycles. The summed E-state index contributed by atoms with van der Waals surface area (Å²) in [6, 6.07) is 2.31. The van der Waals surface area contributed by atoms with Gasteiger partial charge in [0.1, 0.15) is 0 Å². The van der Waals surface area contributed by atoms with Gasteiger partial charge in [0, 0.05) is 4.47 Å². The van der Waals surface area contributed by atoms with Gasteiger partial charge in [0.15, 0.2) is 0 Å². The fourth-order valence-electron chi connectivity index (χ4n) is 1.39. The Morgan fingerprint density at radius 3 is 2.21 bits per heavy atom. The van der Waals surface area contributed by atoms with Crippen molar-refractivity contribution in [2.75, 3.05) is 0 Å². The zero-order chi connectivity index (χ0) is 10.9. The number of benzene rings is 1. The fraction of sp³-hybridized carbons (Fsp3) is 0.400. The molecular formula is C10H10BrF3. The van der Waals surface area contributed by atoms with E-state index in [1.54, 1.807) is 6.92 Å². The lowest BCUT2D eigenvalue weighted by atomic mass is 10.0. The molecule has 0 saturated carbocycles. The van der Waals surface area contributed by atoms with Crippen molar-refractivity contribution in [3.8, 4) is 0 Å². The summed E-state index contributed by atoms with van der Waals surface area (Å²) in [6.45, 7) is 3.61. The second kappa shape index (κ2) is 3.93. The Kier molecular flexibility index (Phi) is 3.24. The van der Waals surface area contributed by atoms with Crippen LogP contribution < -0.4 is 0 Å². The van der Waals surface area contributed by atoms with E-state index in [9.17, 15) is 13.2 Å². The van der Waals surface area contributed by atoms with Crippen LogP contribution >= 0.6 is 15.9 Å². The van der Waals surface area contributed by atoms with Crippen molar-refractivity contribution in [2.24, 2.45) is 0 Å². The van der Waals surface area contributed by atoms with E-state index in [1.807, 2.05) is 6.92 Å². The first-order valence-corrected chi connectivity index (χ1v) is 5.01. The molecule has 0 amide bonds. The highest BCUT2D eigenvalue weighted by Crippen LogP contribution is 2.33. The molecule has 0 aliphatic rings. The monoisotopic (exact) mass is 266 g/mol. The second-order valence-electron chi connectivity index (χ2n) is 3.10. The van der Waals surface area contributed by atoms with Crippen LogP contribution in [0.25, 0.3) is 0 Å². The molecule has 1 aromatic rings. The van der Waals surface area contributed by atoms with Gasteiger partial charge in [0.25, 0.3) is 0 Å². The molecule has 0 fully saturated rings. The molecule has 1 aromatic carbocycles. The van der Waals surface area contributed by atoms with Gasteiger partial charge in [-0.15, -0.1) is 0 Å². The lowest BCUT2D eigenvalue weighted by molar-refractivity contribution is -0.137. The standard InChI is InChI=1S/C10H10BrF3/c1-3-8-6(2)4-7(5-9(8)11)10(12,13)14/h4-5H,3H2,1-2H3. The number of alkyl halides is 3. The predicted octanol–water partition coefficient (Wildman–Crippen LogP) is 4.34. The Bertz CT molecular complexity index is 319. The van der Waals surface area contributed by atoms with Crippen LogP contribution in [0.15, 0.2) is 16.6 Å². The molecule has 1 rings (SSSR count). The van der Waals surface area contributed by atoms with Crippen LogP contribution in [0, 0.1) is 6.92 Å². The Morgan fingerprint density at radius 2 is 1.86 bits per heavy atom. The maximum absolute atomic E-state index is 12.4. The van der Waals surface area contributed by atoms with Crippen molar-refractivity contribution >= 4 is 15.9 Å². The highest BCUT2D eigenvalue weighted by molar-refractivity contribution is 9.10. The summed E-state index contributed by atoms with van der Waals surface area (Å²) in [6.07, 6.45) is -3.54. The van der Waals surface area contributed by atoms with Crippen molar-refractivity contribution in [1.82, 2.24) is 0 Å². The van der Waals surface area contributed by atoms with E-state index >= 15 is 0 Å². The SMILES string of the molecule is CCc1c(C)cc(C(F)(F)F)cc1Br. The predicted molar refractivity (Wildman–Crippen MR) is 53.3 cm³/mol. The molecule has 4 heteroatoms. The molecule has 0 bridgehead atoms. The van der Waals surface area contributed by atoms with Crippen LogP contribution in [0.1, 0.15) is 23.6 Å². The molecule has 0 aliphatic heterocycles. The lowest BCUT2D eigenvalue weighted by Gasteiger charge is -2.12. The van der Waals surface area contributed by atoms with Crippen LogP contribution in [-0.4, -0.2) is 0 Å². The third-order valence-corrected chi connectivity index (χ3v) is 2.81. The highest BCUT2D eigenvalue weighted by Gasteiger charge is 2.31. The van der Waals surface area contributed by atoms with Crippen molar-refractivity contribution < 1.29 is 13.2 Å². The molecule has 0 saturated heterocycles. The topological polar surface area (TPSA) is 0 Å². The van der Waals surface area contributed by atoms with Gasteiger partial charge in [-0.3, -0.25) is 0 Å². The minimum atomic E-state index is -4.26. The molecule has 78 valence electrons. The molecule has 0 nitrogen and oxygen atoms in total. The van der Waals surface area contributed by atoms with Gasteiger partial charge in [0.05, 0.1) is 5.56 Å². The maximum atomic E-state index is 12.4. The van der Waals surface area contributed by atoms with Crippen LogP contribution in [-0.2, 0) is 12.6 Å². The van der Waals surface area contributed by atoms with Gasteiger partial charge in [-0.25, -0.2) is 0 Å². The third kappa shape index (κ3) is 2.29. The number of aryl methyl sites for hydroxylation is 1. The summed E-state index contributed by atoms with van der Waals surface area (Å²) in [5.41, 5.74) is 1.01. The molecule has 14 heavy (non-hydrogen) atoms. The first-order chi connectivity index (χ1) is 6.36. The first-order valence-electron chi connectivity index (χ1n) is 4.22. The van der Waals surface area contributed by atoms with Crippen molar-refractivity contribution in [3.05, 3.63) is 33.3 Å². The highest BCUT2D eigenvalue weighted by atomic mass is 79.9. The smallest absolute Gasteiger partial charge is 0.166 e. The van der Waals surface area contributed by atoms with E-state index in [0.717, 1.165) is 18.1 Å². The molecule has 0 atom stereocenters. The normalized spacial score (nSPS) is 11.9. The van der Waals surface area contributed by atoms with E-state index in [4.69, 9.17) is 0 Å². The molecule has 0 aliphatic carbocycles. The van der Waals surface area contributed by atoms with E-state index in [1.165, 1.54) is 6.07 Å². The van der Waals surface area contributed by atoms with Gasteiger partial charge < -0.3 is 0 Å². The zero-order valence-corrected chi connectivity index (χ0v) is 9.46. The van der Waals surface area contributed by atoms with Crippen LogP contribution in [0.4, 0.5) is 13.2 Å². The molecule has 0 N–H and O–H groups in total. The Balaban J connectivity index is 3.28. The summed E-state index contributed by atoms with van der Waals surface area (Å²) >= 11 is 3.15. The van der Waals surface area contributed by atoms with Gasteiger partial charge in [-0.1, -0.05) is 22.9 Å². The summed E-state index contributed by atoms with van der Waals surface area (Å²) < 4.78 is 37.6. The van der Waals surface area contributed by atoms with Crippen LogP contribution in [0.3, 0.4) is 0 Å². The summed E-state index contributed by atoms with van der Waals surface area (Å²) in [5.74, 6) is 0. The van der Waals surface area contributed by atoms with E-state index in [0.29, 0.717) is 10.0 Å². The van der Waals surface area contributed by atoms with Crippen molar-refractivity contribution in [3.63, 3.8) is 0 Å². The van der Waals surface area contributed by atoms with Gasteiger partial charge >= 0.3 is 6.18 Å². The largest absolute Gasteiger partial charge is 0.416 e. The summed E-state index contributed by atoms with van der Waals surface area (Å²) in [5, 5.41) is 0. The molecule has 0 radical (unpaired) electrons. The first kappa shape index (κ1) is 11.6. The fourth-order valence-corrected chi connectivity index (χ4v) is 2.23. The van der Waals surface area contributed by atoms with Gasteiger partial charge in [-0.05, 0) is 36.6 Å². The molecule has 0 aromatic heterocycles. The number of halogens is 4. The van der Waals surface area contributed by atoms with Gasteiger partial charge in [0.2, 0.25) is 0 Å². The average Bonchev–Trinajstić information content (AvgIpc) is 2.01.